The van der Waals surface area contributed by atoms with Gasteiger partial charge >= 0.3 is 0 Å². The van der Waals surface area contributed by atoms with Gasteiger partial charge in [-0.2, -0.15) is 0 Å². The van der Waals surface area contributed by atoms with E-state index >= 15 is 0 Å². The van der Waals surface area contributed by atoms with E-state index in [4.69, 9.17) is 11.6 Å². The molecule has 0 aliphatic carbocycles. The molecule has 0 saturated heterocycles. The van der Waals surface area contributed by atoms with Crippen LogP contribution in [0.2, 0.25) is 5.02 Å². The fourth-order valence-electron chi connectivity index (χ4n) is 1.67. The highest BCUT2D eigenvalue weighted by atomic mass is 79.9. The van der Waals surface area contributed by atoms with Crippen LogP contribution >= 0.6 is 27.5 Å². The monoisotopic (exact) mass is 312 g/mol. The van der Waals surface area contributed by atoms with Crippen molar-refractivity contribution in [2.75, 3.05) is 0 Å². The third-order valence-electron chi connectivity index (χ3n) is 2.57. The molecule has 0 spiro atoms. The number of rotatable bonds is 3. The highest BCUT2D eigenvalue weighted by Gasteiger charge is 2.11. The first kappa shape index (κ1) is 12.6. The molecule has 0 radical (unpaired) electrons. The summed E-state index contributed by atoms with van der Waals surface area (Å²) in [6, 6.07) is 14.3. The molecule has 1 atom stereocenters. The summed E-state index contributed by atoms with van der Waals surface area (Å²) >= 11 is 9.73. The normalized spacial score (nSPS) is 12.4. The van der Waals surface area contributed by atoms with Gasteiger partial charge in [-0.15, -0.1) is 0 Å². The third kappa shape index (κ3) is 3.30. The van der Waals surface area contributed by atoms with Crippen LogP contribution in [0.5, 0.6) is 0 Å². The van der Waals surface area contributed by atoms with Crippen molar-refractivity contribution in [3.05, 3.63) is 70.5 Å². The molecule has 88 valence electrons. The highest BCUT2D eigenvalue weighted by molar-refractivity contribution is 9.09. The molecule has 0 aliphatic heterocycles. The van der Waals surface area contributed by atoms with Gasteiger partial charge in [0.05, 0.1) is 0 Å². The maximum Gasteiger partial charge on any atom is 0.123 e. The molecule has 17 heavy (non-hydrogen) atoms. The van der Waals surface area contributed by atoms with Crippen LogP contribution in [-0.2, 0) is 6.42 Å². The molecule has 0 amide bonds. The molecule has 2 rings (SSSR count). The minimum Gasteiger partial charge on any atom is -0.207 e. The van der Waals surface area contributed by atoms with Crippen LogP contribution in [0.25, 0.3) is 0 Å². The minimum atomic E-state index is -0.211. The Hall–Kier alpha value is -0.860. The van der Waals surface area contributed by atoms with Crippen molar-refractivity contribution in [1.29, 1.82) is 0 Å². The van der Waals surface area contributed by atoms with E-state index in [1.807, 2.05) is 24.3 Å². The number of alkyl halides is 1. The van der Waals surface area contributed by atoms with Gasteiger partial charge in [-0.05, 0) is 35.7 Å². The lowest BCUT2D eigenvalue weighted by Crippen LogP contribution is -1.96. The highest BCUT2D eigenvalue weighted by Crippen LogP contribution is 2.31. The minimum absolute atomic E-state index is 0.140. The molecule has 1 unspecified atom stereocenters. The Kier molecular flexibility index (Phi) is 4.19. The second kappa shape index (κ2) is 5.65. The zero-order valence-corrected chi connectivity index (χ0v) is 11.4. The van der Waals surface area contributed by atoms with Crippen LogP contribution in [0.1, 0.15) is 16.0 Å². The summed E-state index contributed by atoms with van der Waals surface area (Å²) in [7, 11) is 0. The van der Waals surface area contributed by atoms with Gasteiger partial charge in [0.25, 0.3) is 0 Å². The van der Waals surface area contributed by atoms with Crippen LogP contribution in [0.4, 0.5) is 4.39 Å². The van der Waals surface area contributed by atoms with E-state index in [9.17, 15) is 4.39 Å². The lowest BCUT2D eigenvalue weighted by Gasteiger charge is -2.11. The zero-order valence-electron chi connectivity index (χ0n) is 9.04. The number of hydrogen-bond acceptors (Lipinski definition) is 0. The molecule has 0 heterocycles. The van der Waals surface area contributed by atoms with E-state index in [1.54, 1.807) is 12.1 Å². The van der Waals surface area contributed by atoms with E-state index in [2.05, 4.69) is 15.9 Å². The first-order valence-corrected chi connectivity index (χ1v) is 6.59. The summed E-state index contributed by atoms with van der Waals surface area (Å²) in [5.74, 6) is -0.211. The van der Waals surface area contributed by atoms with Crippen molar-refractivity contribution in [3.63, 3.8) is 0 Å². The molecular weight excluding hydrogens is 303 g/mol. The number of hydrogen-bond donors (Lipinski definition) is 0. The van der Waals surface area contributed by atoms with E-state index in [0.29, 0.717) is 0 Å². The van der Waals surface area contributed by atoms with E-state index in [1.165, 1.54) is 12.1 Å². The van der Waals surface area contributed by atoms with Gasteiger partial charge in [-0.3, -0.25) is 0 Å². The number of halogens is 3. The van der Waals surface area contributed by atoms with Gasteiger partial charge in [-0.1, -0.05) is 57.9 Å². The van der Waals surface area contributed by atoms with Crippen LogP contribution in [-0.4, -0.2) is 0 Å². The van der Waals surface area contributed by atoms with Crippen molar-refractivity contribution in [3.8, 4) is 0 Å². The van der Waals surface area contributed by atoms with Gasteiger partial charge in [0.15, 0.2) is 0 Å². The first-order chi connectivity index (χ1) is 8.16. The average molecular weight is 314 g/mol. The topological polar surface area (TPSA) is 0 Å². The molecule has 0 aromatic heterocycles. The SMILES string of the molecule is Fc1ccc(CC(Br)c2ccccc2Cl)cc1. The molecule has 0 N–H and O–H groups in total. The molecule has 0 aliphatic rings. The quantitative estimate of drug-likeness (QED) is 0.687. The Labute approximate surface area is 114 Å². The second-order valence-corrected chi connectivity index (χ2v) is 5.33. The number of benzene rings is 2. The maximum absolute atomic E-state index is 12.8. The van der Waals surface area contributed by atoms with Crippen molar-refractivity contribution in [2.24, 2.45) is 0 Å². The van der Waals surface area contributed by atoms with Crippen molar-refractivity contribution in [1.82, 2.24) is 0 Å². The predicted octanol–water partition coefficient (Wildman–Crippen LogP) is 5.16. The van der Waals surface area contributed by atoms with Gasteiger partial charge < -0.3 is 0 Å². The third-order valence-corrected chi connectivity index (χ3v) is 3.73. The summed E-state index contributed by atoms with van der Waals surface area (Å²) < 4.78 is 12.8. The molecule has 2 aromatic rings. The summed E-state index contributed by atoms with van der Waals surface area (Å²) in [5, 5.41) is 0.747. The molecular formula is C14H11BrClF. The molecule has 2 aromatic carbocycles. The van der Waals surface area contributed by atoms with Crippen molar-refractivity contribution >= 4 is 27.5 Å². The summed E-state index contributed by atoms with van der Waals surface area (Å²) in [4.78, 5) is 0.140. The Bertz CT molecular complexity index is 496. The molecule has 0 fully saturated rings. The van der Waals surface area contributed by atoms with Crippen LogP contribution in [0.3, 0.4) is 0 Å². The lowest BCUT2D eigenvalue weighted by atomic mass is 10.0. The largest absolute Gasteiger partial charge is 0.207 e. The van der Waals surface area contributed by atoms with Gasteiger partial charge in [0.1, 0.15) is 5.82 Å². The molecule has 3 heteroatoms. The summed E-state index contributed by atoms with van der Waals surface area (Å²) in [5.41, 5.74) is 2.13. The fraction of sp³-hybridized carbons (Fsp3) is 0.143. The Balaban J connectivity index is 2.14. The van der Waals surface area contributed by atoms with Crippen molar-refractivity contribution in [2.45, 2.75) is 11.2 Å². The smallest absolute Gasteiger partial charge is 0.123 e. The Morgan fingerprint density at radius 1 is 1.06 bits per heavy atom. The molecule has 0 saturated carbocycles. The van der Waals surface area contributed by atoms with Gasteiger partial charge in [0, 0.05) is 9.85 Å². The second-order valence-electron chi connectivity index (χ2n) is 3.82. The van der Waals surface area contributed by atoms with E-state index in [0.717, 1.165) is 22.6 Å². The average Bonchev–Trinajstić information content (AvgIpc) is 2.32. The predicted molar refractivity (Wildman–Crippen MR) is 73.2 cm³/mol. The maximum atomic E-state index is 12.8. The van der Waals surface area contributed by atoms with Gasteiger partial charge in [-0.25, -0.2) is 4.39 Å². The Morgan fingerprint density at radius 2 is 1.71 bits per heavy atom. The lowest BCUT2D eigenvalue weighted by molar-refractivity contribution is 0.627. The van der Waals surface area contributed by atoms with Gasteiger partial charge in [0.2, 0.25) is 0 Å². The standard InChI is InChI=1S/C14H11BrClF/c15-13(12-3-1-2-4-14(12)16)9-10-5-7-11(17)8-6-10/h1-8,13H,9H2. The van der Waals surface area contributed by atoms with Crippen LogP contribution in [0, 0.1) is 5.82 Å². The first-order valence-electron chi connectivity index (χ1n) is 5.30. The zero-order chi connectivity index (χ0) is 12.3. The molecule has 0 nitrogen and oxygen atoms in total. The summed E-state index contributed by atoms with van der Waals surface area (Å²) in [6.45, 7) is 0. The van der Waals surface area contributed by atoms with Crippen LogP contribution in [0.15, 0.2) is 48.5 Å². The van der Waals surface area contributed by atoms with Crippen LogP contribution < -0.4 is 0 Å². The summed E-state index contributed by atoms with van der Waals surface area (Å²) in [6.07, 6.45) is 0.782. The van der Waals surface area contributed by atoms with E-state index < -0.39 is 0 Å². The van der Waals surface area contributed by atoms with E-state index in [-0.39, 0.29) is 10.6 Å². The Morgan fingerprint density at radius 3 is 2.35 bits per heavy atom. The molecule has 0 bridgehead atoms. The fourth-order valence-corrected chi connectivity index (χ4v) is 2.84. The van der Waals surface area contributed by atoms with Crippen molar-refractivity contribution < 1.29 is 4.39 Å².